The molecule has 7 heterocycles. The van der Waals surface area contributed by atoms with Crippen LogP contribution in [0.3, 0.4) is 0 Å². The maximum absolute atomic E-state index is 5.12. The molecule has 0 saturated carbocycles. The normalized spacial score (nSPS) is 17.6. The molecule has 6 nitrogen and oxygen atoms in total. The first-order valence-electron chi connectivity index (χ1n) is 18.7. The Hall–Kier alpha value is -6.63. The van der Waals surface area contributed by atoms with Gasteiger partial charge in [-0.05, 0) is 78.6 Å². The summed E-state index contributed by atoms with van der Waals surface area (Å²) in [6, 6.07) is 52.9. The molecule has 0 saturated heterocycles. The fourth-order valence-corrected chi connectivity index (χ4v) is 11.5. The second kappa shape index (κ2) is 8.52. The van der Waals surface area contributed by atoms with E-state index in [0.29, 0.717) is 4.70 Å². The molecule has 0 fully saturated rings. The van der Waals surface area contributed by atoms with Crippen molar-refractivity contribution in [1.82, 2.24) is 18.7 Å². The van der Waals surface area contributed by atoms with E-state index in [0.717, 1.165) is 11.2 Å². The lowest BCUT2D eigenvalue weighted by Crippen LogP contribution is -2.82. The smallest absolute Gasteiger partial charge is 0.217 e. The Kier molecular flexibility index (Phi) is 4.35. The van der Waals surface area contributed by atoms with E-state index in [1.165, 1.54) is 94.5 Å². The van der Waals surface area contributed by atoms with Crippen molar-refractivity contribution in [3.8, 4) is 22.5 Å². The van der Waals surface area contributed by atoms with Gasteiger partial charge in [-0.25, -0.2) is 9.55 Å². The Bertz CT molecular complexity index is 3350. The van der Waals surface area contributed by atoms with Gasteiger partial charge in [0.1, 0.15) is 10.9 Å². The van der Waals surface area contributed by atoms with Crippen molar-refractivity contribution >= 4 is 60.9 Å². The highest BCUT2D eigenvalue weighted by Crippen LogP contribution is 2.68. The topological polar surface area (TPSA) is 30.0 Å². The summed E-state index contributed by atoms with van der Waals surface area (Å²) in [6.45, 7) is 4.65. The van der Waals surface area contributed by atoms with Crippen LogP contribution >= 0.6 is 0 Å². The van der Waals surface area contributed by atoms with Crippen LogP contribution in [0.4, 0.5) is 11.4 Å². The van der Waals surface area contributed by atoms with Crippen molar-refractivity contribution in [3.05, 3.63) is 168 Å². The molecular formula is C47H31N6+3. The van der Waals surface area contributed by atoms with E-state index in [1.54, 1.807) is 0 Å². The van der Waals surface area contributed by atoms with Crippen LogP contribution in [-0.4, -0.2) is 14.0 Å². The second-order valence-corrected chi connectivity index (χ2v) is 15.5. The number of fused-ring (bicyclic) bond motifs is 17. The zero-order chi connectivity index (χ0) is 34.5. The first-order valence-corrected chi connectivity index (χ1v) is 18.7. The molecule has 4 aromatic heterocycles. The van der Waals surface area contributed by atoms with Crippen LogP contribution in [0.15, 0.2) is 146 Å². The van der Waals surface area contributed by atoms with E-state index in [9.17, 15) is 0 Å². The minimum atomic E-state index is -0.521. The van der Waals surface area contributed by atoms with E-state index in [1.807, 2.05) is 6.20 Å². The van der Waals surface area contributed by atoms with Gasteiger partial charge in [0.25, 0.3) is 0 Å². The number of pyridine rings is 2. The molecule has 0 radical (unpaired) electrons. The molecule has 4 aliphatic rings. The van der Waals surface area contributed by atoms with Gasteiger partial charge in [0.05, 0.1) is 21.5 Å². The number of nitrogens with zero attached hydrogens (tertiary/aromatic N) is 6. The van der Waals surface area contributed by atoms with Crippen LogP contribution in [-0.2, 0) is 5.41 Å². The Morgan fingerprint density at radius 2 is 1.21 bits per heavy atom. The quantitative estimate of drug-likeness (QED) is 0.0966. The Morgan fingerprint density at radius 3 is 1.98 bits per heavy atom. The third-order valence-corrected chi connectivity index (χ3v) is 13.0. The highest BCUT2D eigenvalue weighted by Gasteiger charge is 2.74. The van der Waals surface area contributed by atoms with Crippen LogP contribution < -0.4 is 14.1 Å². The Balaban J connectivity index is 1.35. The monoisotopic (exact) mass is 679 g/mol. The zero-order valence-corrected chi connectivity index (χ0v) is 29.1. The molecule has 3 aliphatic heterocycles. The van der Waals surface area contributed by atoms with Gasteiger partial charge in [-0.2, -0.15) is 4.40 Å². The third kappa shape index (κ3) is 2.54. The SMILES string of the molecule is CC(C)n1c2[n+](c3ccccc31)[N+]13c4c-2cccc4C2(c4ccccc4-c4ccccc42)c2ccc4c5cccnc5n5c6ccccc6[n+]1c5c4c23. The molecule has 6 aromatic carbocycles. The summed E-state index contributed by atoms with van der Waals surface area (Å²) in [5, 5.41) is 3.70. The zero-order valence-electron chi connectivity index (χ0n) is 29.1. The van der Waals surface area contributed by atoms with Crippen LogP contribution in [0.25, 0.3) is 72.0 Å². The number of quaternary nitrogens is 1. The maximum atomic E-state index is 5.12. The lowest BCUT2D eigenvalue weighted by atomic mass is 9.64. The number of rotatable bonds is 1. The summed E-state index contributed by atoms with van der Waals surface area (Å²) in [7, 11) is 0. The first-order chi connectivity index (χ1) is 26.2. The molecule has 0 N–H and O–H groups in total. The maximum Gasteiger partial charge on any atom is 0.359 e. The summed E-state index contributed by atoms with van der Waals surface area (Å²) in [6.07, 6.45) is 1.94. The van der Waals surface area contributed by atoms with Crippen LogP contribution in [0.5, 0.6) is 0 Å². The molecule has 1 aliphatic carbocycles. The summed E-state index contributed by atoms with van der Waals surface area (Å²) in [5.74, 6) is 1.24. The van der Waals surface area contributed by atoms with Gasteiger partial charge in [0.15, 0.2) is 11.0 Å². The van der Waals surface area contributed by atoms with Gasteiger partial charge in [-0.1, -0.05) is 97.1 Å². The van der Waals surface area contributed by atoms with Gasteiger partial charge >= 0.3 is 11.5 Å². The number of hydrogen-bond acceptors (Lipinski definition) is 1. The highest BCUT2D eigenvalue weighted by atomic mass is 15.9. The van der Waals surface area contributed by atoms with Crippen molar-refractivity contribution in [2.45, 2.75) is 25.3 Å². The van der Waals surface area contributed by atoms with Crippen molar-refractivity contribution in [2.75, 3.05) is 0 Å². The minimum absolute atomic E-state index is 0.233. The molecule has 1 unspecified atom stereocenters. The lowest BCUT2D eigenvalue weighted by Gasteiger charge is -2.40. The van der Waals surface area contributed by atoms with Crippen molar-refractivity contribution in [1.29, 1.82) is 0 Å². The van der Waals surface area contributed by atoms with E-state index in [4.69, 9.17) is 4.98 Å². The van der Waals surface area contributed by atoms with Crippen LogP contribution in [0, 0.1) is 0 Å². The van der Waals surface area contributed by atoms with E-state index in [-0.39, 0.29) is 6.04 Å². The van der Waals surface area contributed by atoms with Crippen molar-refractivity contribution in [3.63, 3.8) is 0 Å². The molecule has 0 amide bonds. The number of hydrogen-bond donors (Lipinski definition) is 0. The van der Waals surface area contributed by atoms with Gasteiger partial charge in [-0.3, -0.25) is 0 Å². The van der Waals surface area contributed by atoms with E-state index in [2.05, 4.69) is 172 Å². The van der Waals surface area contributed by atoms with E-state index >= 15 is 0 Å². The number of para-hydroxylation sites is 5. The Morgan fingerprint density at radius 1 is 0.566 bits per heavy atom. The second-order valence-electron chi connectivity index (χ2n) is 15.5. The standard InChI is InChI=1S/C47H31N6/c1-27(2)49-37-20-7-9-22-39(37)51-45(49)32-15-11-19-35-42(32)53(51)43-36(47(35)33-17-5-3-13-28(33)29-14-4-6-18-34(29)47)25-24-30-31-16-12-26-48-44(31)50-38-21-8-10-23-40(38)52(53)46(50)41(30)43/h3-27H,1-2H3/q+3. The Labute approximate surface area is 303 Å². The average Bonchev–Trinajstić information content (AvgIpc) is 3.97. The first kappa shape index (κ1) is 27.1. The molecule has 53 heavy (non-hydrogen) atoms. The number of benzene rings is 6. The number of imidazole rings is 2. The fraction of sp³-hybridized carbons (Fsp3) is 0.0851. The van der Waals surface area contributed by atoms with Gasteiger partial charge in [0, 0.05) is 32.1 Å². The molecule has 2 spiro atoms. The summed E-state index contributed by atoms with van der Waals surface area (Å²) < 4.78 is 10.8. The molecule has 246 valence electrons. The predicted octanol–water partition coefficient (Wildman–Crippen LogP) is 9.44. The van der Waals surface area contributed by atoms with Crippen molar-refractivity contribution < 1.29 is 9.35 Å². The van der Waals surface area contributed by atoms with Gasteiger partial charge < -0.3 is 0 Å². The average molecular weight is 680 g/mol. The summed E-state index contributed by atoms with van der Waals surface area (Å²) in [4.78, 5) is 5.12. The third-order valence-electron chi connectivity index (χ3n) is 13.0. The summed E-state index contributed by atoms with van der Waals surface area (Å²) in [5.41, 5.74) is 18.4. The number of aromatic nitrogens is 5. The molecule has 6 heteroatoms. The molecule has 14 rings (SSSR count). The molecule has 1 atom stereocenters. The van der Waals surface area contributed by atoms with Crippen molar-refractivity contribution in [2.24, 2.45) is 0 Å². The lowest BCUT2D eigenvalue weighted by molar-refractivity contribution is -1.000. The largest absolute Gasteiger partial charge is 0.359 e. The van der Waals surface area contributed by atoms with Gasteiger partial charge in [-0.15, -0.1) is 0 Å². The fourth-order valence-electron chi connectivity index (χ4n) is 11.5. The highest BCUT2D eigenvalue weighted by molar-refractivity contribution is 6.19. The predicted molar refractivity (Wildman–Crippen MR) is 209 cm³/mol. The minimum Gasteiger partial charge on any atom is -0.217 e. The summed E-state index contributed by atoms with van der Waals surface area (Å²) >= 11 is 0. The van der Waals surface area contributed by atoms with Crippen LogP contribution in [0.1, 0.15) is 42.1 Å². The van der Waals surface area contributed by atoms with Gasteiger partial charge in [0.2, 0.25) is 28.1 Å². The molecular weight excluding hydrogens is 649 g/mol. The molecule has 0 bridgehead atoms. The van der Waals surface area contributed by atoms with E-state index < -0.39 is 5.41 Å². The van der Waals surface area contributed by atoms with Crippen LogP contribution in [0.2, 0.25) is 0 Å². The molecule has 10 aromatic rings.